The number of ether oxygens (including phenoxy) is 2. The molecule has 0 aliphatic carbocycles. The lowest BCUT2D eigenvalue weighted by Gasteiger charge is -2.13. The zero-order valence-electron chi connectivity index (χ0n) is 16.0. The predicted molar refractivity (Wildman–Crippen MR) is 109 cm³/mol. The Bertz CT molecular complexity index is 1050. The second-order valence-electron chi connectivity index (χ2n) is 6.26. The molecule has 0 spiro atoms. The van der Waals surface area contributed by atoms with E-state index in [9.17, 15) is 14.7 Å². The third kappa shape index (κ3) is 4.47. The first-order valence-corrected chi connectivity index (χ1v) is 9.61. The van der Waals surface area contributed by atoms with Gasteiger partial charge in [0.1, 0.15) is 18.4 Å². The summed E-state index contributed by atoms with van der Waals surface area (Å²) in [6.07, 6.45) is 1.64. The van der Waals surface area contributed by atoms with E-state index in [1.165, 1.54) is 11.3 Å². The first-order chi connectivity index (χ1) is 13.9. The molecule has 0 unspecified atom stereocenters. The van der Waals surface area contributed by atoms with Crippen LogP contribution in [0.25, 0.3) is 10.1 Å². The normalized spacial score (nSPS) is 11.8. The van der Waals surface area contributed by atoms with Crippen LogP contribution in [0.2, 0.25) is 0 Å². The molecule has 3 aromatic rings. The molecule has 8 nitrogen and oxygen atoms in total. The maximum absolute atomic E-state index is 12.7. The fourth-order valence-corrected chi connectivity index (χ4v) is 3.93. The largest absolute Gasteiger partial charge is 0.489 e. The Labute approximate surface area is 171 Å². The summed E-state index contributed by atoms with van der Waals surface area (Å²) in [5.41, 5.74) is 6.41. The van der Waals surface area contributed by atoms with Gasteiger partial charge in [-0.05, 0) is 37.3 Å². The van der Waals surface area contributed by atoms with Gasteiger partial charge in [0.05, 0.1) is 24.8 Å². The molecule has 0 saturated heterocycles. The number of hydrogen-bond donors (Lipinski definition) is 3. The van der Waals surface area contributed by atoms with E-state index in [1.54, 1.807) is 25.4 Å². The summed E-state index contributed by atoms with van der Waals surface area (Å²) in [5, 5.41) is 12.4. The zero-order valence-corrected chi connectivity index (χ0v) is 16.8. The number of primary amides is 1. The van der Waals surface area contributed by atoms with E-state index >= 15 is 0 Å². The lowest BCUT2D eigenvalue weighted by atomic mass is 10.1. The Morgan fingerprint density at radius 3 is 2.83 bits per heavy atom. The number of aliphatic hydroxyl groups is 1. The van der Waals surface area contributed by atoms with E-state index in [0.29, 0.717) is 22.6 Å². The SMILES string of the molecule is COc1ncccc1COc1ccc2sc(C)c(C(=O)N[C@@H](CO)C(N)=O)c2c1. The number of carbonyl (C=O) groups is 2. The number of carbonyl (C=O) groups excluding carboxylic acids is 2. The monoisotopic (exact) mass is 415 g/mol. The fourth-order valence-electron chi connectivity index (χ4n) is 2.89. The summed E-state index contributed by atoms with van der Waals surface area (Å²) < 4.78 is 12.0. The molecule has 2 amide bonds. The lowest BCUT2D eigenvalue weighted by molar-refractivity contribution is -0.120. The highest BCUT2D eigenvalue weighted by molar-refractivity contribution is 7.19. The second-order valence-corrected chi connectivity index (χ2v) is 7.52. The number of thiophene rings is 1. The third-order valence-corrected chi connectivity index (χ3v) is 5.42. The summed E-state index contributed by atoms with van der Waals surface area (Å²) in [6.45, 7) is 1.50. The van der Waals surface area contributed by atoms with Gasteiger partial charge in [0.25, 0.3) is 5.91 Å². The molecular weight excluding hydrogens is 394 g/mol. The van der Waals surface area contributed by atoms with Gasteiger partial charge in [0.2, 0.25) is 11.8 Å². The number of nitrogens with two attached hydrogens (primary N) is 1. The van der Waals surface area contributed by atoms with Crippen LogP contribution in [0.4, 0.5) is 0 Å². The molecular formula is C20H21N3O5S. The number of amides is 2. The van der Waals surface area contributed by atoms with Crippen LogP contribution in [0.3, 0.4) is 0 Å². The van der Waals surface area contributed by atoms with Crippen molar-refractivity contribution in [2.75, 3.05) is 13.7 Å². The molecule has 29 heavy (non-hydrogen) atoms. The molecule has 152 valence electrons. The van der Waals surface area contributed by atoms with Gasteiger partial charge < -0.3 is 25.6 Å². The number of benzene rings is 1. The van der Waals surface area contributed by atoms with Crippen LogP contribution in [0.1, 0.15) is 20.8 Å². The van der Waals surface area contributed by atoms with Crippen molar-refractivity contribution >= 4 is 33.2 Å². The molecule has 3 rings (SSSR count). The van der Waals surface area contributed by atoms with E-state index in [1.807, 2.05) is 25.1 Å². The number of nitrogens with one attached hydrogen (secondary N) is 1. The van der Waals surface area contributed by atoms with Crippen LogP contribution in [-0.2, 0) is 11.4 Å². The van der Waals surface area contributed by atoms with Crippen LogP contribution in [-0.4, -0.2) is 41.7 Å². The molecule has 0 aliphatic rings. The van der Waals surface area contributed by atoms with Crippen molar-refractivity contribution < 1.29 is 24.2 Å². The Morgan fingerprint density at radius 2 is 2.14 bits per heavy atom. The van der Waals surface area contributed by atoms with E-state index in [0.717, 1.165) is 15.1 Å². The number of methoxy groups -OCH3 is 1. The van der Waals surface area contributed by atoms with Gasteiger partial charge in [-0.1, -0.05) is 0 Å². The molecule has 0 bridgehead atoms. The second kappa shape index (κ2) is 8.89. The Balaban J connectivity index is 1.86. The van der Waals surface area contributed by atoms with Crippen LogP contribution in [0.5, 0.6) is 11.6 Å². The zero-order chi connectivity index (χ0) is 21.0. The molecule has 0 fully saturated rings. The molecule has 0 radical (unpaired) electrons. The van der Waals surface area contributed by atoms with Crippen molar-refractivity contribution in [3.8, 4) is 11.6 Å². The van der Waals surface area contributed by atoms with Gasteiger partial charge in [-0.2, -0.15) is 0 Å². The first kappa shape index (κ1) is 20.6. The number of hydrogen-bond acceptors (Lipinski definition) is 7. The van der Waals surface area contributed by atoms with Crippen LogP contribution < -0.4 is 20.5 Å². The number of nitrogens with zero attached hydrogens (tertiary/aromatic N) is 1. The van der Waals surface area contributed by atoms with Crippen molar-refractivity contribution in [1.82, 2.24) is 10.3 Å². The molecule has 9 heteroatoms. The van der Waals surface area contributed by atoms with Gasteiger partial charge in [0, 0.05) is 21.2 Å². The van der Waals surface area contributed by atoms with E-state index < -0.39 is 24.5 Å². The van der Waals surface area contributed by atoms with Gasteiger partial charge in [0.15, 0.2) is 0 Å². The Morgan fingerprint density at radius 1 is 1.34 bits per heavy atom. The van der Waals surface area contributed by atoms with E-state index in [2.05, 4.69) is 10.3 Å². The Hall–Kier alpha value is -3.17. The fraction of sp³-hybridized carbons (Fsp3) is 0.250. The maximum Gasteiger partial charge on any atom is 0.253 e. The number of fused-ring (bicyclic) bond motifs is 1. The van der Waals surface area contributed by atoms with Gasteiger partial charge >= 0.3 is 0 Å². The van der Waals surface area contributed by atoms with Crippen LogP contribution >= 0.6 is 11.3 Å². The molecule has 1 atom stereocenters. The van der Waals surface area contributed by atoms with E-state index in [-0.39, 0.29) is 6.61 Å². The molecule has 1 aromatic carbocycles. The van der Waals surface area contributed by atoms with Gasteiger partial charge in [-0.3, -0.25) is 9.59 Å². The summed E-state index contributed by atoms with van der Waals surface area (Å²) in [4.78, 5) is 28.9. The summed E-state index contributed by atoms with van der Waals surface area (Å²) in [7, 11) is 1.54. The molecule has 4 N–H and O–H groups in total. The number of rotatable bonds is 8. The molecule has 2 aromatic heterocycles. The number of pyridine rings is 1. The summed E-state index contributed by atoms with van der Waals surface area (Å²) in [5.74, 6) is -0.212. The number of aliphatic hydroxyl groups excluding tert-OH is 1. The quantitative estimate of drug-likeness (QED) is 0.515. The first-order valence-electron chi connectivity index (χ1n) is 8.79. The molecule has 2 heterocycles. The van der Waals surface area contributed by atoms with Crippen LogP contribution in [0, 0.1) is 6.92 Å². The smallest absolute Gasteiger partial charge is 0.253 e. The standard InChI is InChI=1S/C20H21N3O5S/c1-11-17(19(26)23-15(9-24)18(21)25)14-8-13(5-6-16(14)29-11)28-10-12-4-3-7-22-20(12)27-2/h3-8,15,24H,9-10H2,1-2H3,(H2,21,25)(H,23,26)/t15-/m0/s1. The highest BCUT2D eigenvalue weighted by Gasteiger charge is 2.22. The predicted octanol–water partition coefficient (Wildman–Crippen LogP) is 1.77. The molecule has 0 aliphatic heterocycles. The van der Waals surface area contributed by atoms with E-state index in [4.69, 9.17) is 15.2 Å². The molecule has 0 saturated carbocycles. The van der Waals surface area contributed by atoms with Crippen molar-refractivity contribution in [1.29, 1.82) is 0 Å². The topological polar surface area (TPSA) is 124 Å². The minimum Gasteiger partial charge on any atom is -0.489 e. The van der Waals surface area contributed by atoms with Gasteiger partial charge in [-0.15, -0.1) is 11.3 Å². The highest BCUT2D eigenvalue weighted by atomic mass is 32.1. The Kier molecular flexibility index (Phi) is 6.30. The minimum absolute atomic E-state index is 0.251. The van der Waals surface area contributed by atoms with Crippen molar-refractivity contribution in [2.45, 2.75) is 19.6 Å². The highest BCUT2D eigenvalue weighted by Crippen LogP contribution is 2.34. The van der Waals surface area contributed by atoms with Crippen molar-refractivity contribution in [2.24, 2.45) is 5.73 Å². The van der Waals surface area contributed by atoms with Crippen molar-refractivity contribution in [3.05, 3.63) is 52.5 Å². The summed E-state index contributed by atoms with van der Waals surface area (Å²) in [6, 6.07) is 7.98. The number of aromatic nitrogens is 1. The summed E-state index contributed by atoms with van der Waals surface area (Å²) >= 11 is 1.45. The minimum atomic E-state index is -1.14. The van der Waals surface area contributed by atoms with Crippen LogP contribution in [0.15, 0.2) is 36.5 Å². The number of aryl methyl sites for hydroxylation is 1. The third-order valence-electron chi connectivity index (χ3n) is 4.33. The average molecular weight is 415 g/mol. The average Bonchev–Trinajstić information content (AvgIpc) is 3.05. The van der Waals surface area contributed by atoms with Crippen molar-refractivity contribution in [3.63, 3.8) is 0 Å². The lowest BCUT2D eigenvalue weighted by Crippen LogP contribution is -2.46. The van der Waals surface area contributed by atoms with Gasteiger partial charge in [-0.25, -0.2) is 4.98 Å². The maximum atomic E-state index is 12.7.